The first-order valence-electron chi connectivity index (χ1n) is 6.98. The van der Waals surface area contributed by atoms with E-state index >= 15 is 0 Å². The summed E-state index contributed by atoms with van der Waals surface area (Å²) in [4.78, 5) is 5.06. The fourth-order valence-corrected chi connectivity index (χ4v) is 3.80. The number of thiophene rings is 2. The molecule has 4 aromatic heterocycles. The minimum Gasteiger partial charge on any atom is -0.383 e. The maximum Gasteiger partial charge on any atom is 0.174 e. The minimum absolute atomic E-state index is 0.603. The van der Waals surface area contributed by atoms with Gasteiger partial charge in [-0.15, -0.1) is 11.3 Å². The Morgan fingerprint density at radius 2 is 2.09 bits per heavy atom. The van der Waals surface area contributed by atoms with Crippen molar-refractivity contribution in [1.29, 1.82) is 0 Å². The highest BCUT2D eigenvalue weighted by atomic mass is 32.1. The van der Waals surface area contributed by atoms with Crippen LogP contribution in [0.15, 0.2) is 63.4 Å². The molecule has 23 heavy (non-hydrogen) atoms. The van der Waals surface area contributed by atoms with Crippen molar-refractivity contribution in [2.24, 2.45) is 0 Å². The van der Waals surface area contributed by atoms with Gasteiger partial charge in [-0.25, -0.2) is 0 Å². The first kappa shape index (κ1) is 14.3. The van der Waals surface area contributed by atoms with Crippen LogP contribution in [0.4, 0.5) is 0 Å². The number of hydrogen-bond acceptors (Lipinski definition) is 6. The molecule has 1 N–H and O–H groups in total. The van der Waals surface area contributed by atoms with Gasteiger partial charge in [-0.3, -0.25) is 4.98 Å². The fourth-order valence-electron chi connectivity index (χ4n) is 2.45. The summed E-state index contributed by atoms with van der Waals surface area (Å²) >= 11 is 3.14. The van der Waals surface area contributed by atoms with Crippen LogP contribution in [0.1, 0.15) is 17.2 Å². The van der Waals surface area contributed by atoms with Crippen molar-refractivity contribution in [2.75, 3.05) is 0 Å². The first-order chi connectivity index (χ1) is 11.3. The first-order valence-corrected chi connectivity index (χ1v) is 8.81. The third-order valence-electron chi connectivity index (χ3n) is 3.54. The van der Waals surface area contributed by atoms with Crippen molar-refractivity contribution < 1.29 is 9.63 Å². The number of aliphatic hydroxyl groups excluding tert-OH is 1. The van der Waals surface area contributed by atoms with E-state index in [1.165, 1.54) is 0 Å². The lowest BCUT2D eigenvalue weighted by Crippen LogP contribution is -2.02. The Balaban J connectivity index is 1.90. The van der Waals surface area contributed by atoms with Gasteiger partial charge < -0.3 is 9.63 Å². The van der Waals surface area contributed by atoms with Crippen molar-refractivity contribution in [3.05, 3.63) is 70.0 Å². The molecule has 114 valence electrons. The molecule has 0 spiro atoms. The van der Waals surface area contributed by atoms with Crippen molar-refractivity contribution in [3.63, 3.8) is 0 Å². The summed E-state index contributed by atoms with van der Waals surface area (Å²) < 4.78 is 5.59. The molecule has 4 heterocycles. The van der Waals surface area contributed by atoms with Crippen LogP contribution in [0.5, 0.6) is 0 Å². The van der Waals surface area contributed by atoms with Crippen LogP contribution in [0.25, 0.3) is 21.9 Å². The lowest BCUT2D eigenvalue weighted by Gasteiger charge is -2.11. The van der Waals surface area contributed by atoms with Crippen molar-refractivity contribution in [2.45, 2.75) is 6.10 Å². The predicted molar refractivity (Wildman–Crippen MR) is 91.4 cm³/mol. The molecular weight excluding hydrogens is 328 g/mol. The Hall–Kier alpha value is -2.28. The van der Waals surface area contributed by atoms with E-state index in [9.17, 15) is 5.11 Å². The molecule has 4 rings (SSSR count). The Kier molecular flexibility index (Phi) is 3.78. The monoisotopic (exact) mass is 340 g/mol. The average molecular weight is 340 g/mol. The lowest BCUT2D eigenvalue weighted by atomic mass is 9.98. The third-order valence-corrected chi connectivity index (χ3v) is 5.10. The number of hydrogen-bond donors (Lipinski definition) is 1. The van der Waals surface area contributed by atoms with Crippen molar-refractivity contribution >= 4 is 22.7 Å². The van der Waals surface area contributed by atoms with Crippen LogP contribution in [0, 0.1) is 0 Å². The van der Waals surface area contributed by atoms with E-state index < -0.39 is 6.10 Å². The van der Waals surface area contributed by atoms with Gasteiger partial charge in [0.25, 0.3) is 0 Å². The number of aromatic nitrogens is 2. The standard InChI is InChI=1S/C17H12N2O2S2/c20-16(11-3-1-6-18-9-11)14-15(13-4-2-7-23-13)19-21-17(14)12-5-8-22-10-12/h1-10,16,20H. The molecular formula is C17H12N2O2S2. The SMILES string of the molecule is OC(c1cccnc1)c1c(-c2cccs2)noc1-c1ccsc1. The van der Waals surface area contributed by atoms with Crippen LogP contribution in [0.2, 0.25) is 0 Å². The smallest absolute Gasteiger partial charge is 0.174 e. The molecule has 0 bridgehead atoms. The topological polar surface area (TPSA) is 59.2 Å². The van der Waals surface area contributed by atoms with Crippen molar-refractivity contribution in [1.82, 2.24) is 10.1 Å². The molecule has 6 heteroatoms. The van der Waals surface area contributed by atoms with Gasteiger partial charge in [-0.2, -0.15) is 11.3 Å². The Bertz CT molecular complexity index is 832. The summed E-state index contributed by atoms with van der Waals surface area (Å²) in [5.41, 5.74) is 2.99. The molecule has 1 atom stereocenters. The Labute approximate surface area is 140 Å². The molecule has 0 aliphatic carbocycles. The van der Waals surface area contributed by atoms with Crippen LogP contribution in [-0.4, -0.2) is 15.2 Å². The summed E-state index contributed by atoms with van der Waals surface area (Å²) in [5.74, 6) is 0.603. The third kappa shape index (κ3) is 2.61. The minimum atomic E-state index is -0.845. The Morgan fingerprint density at radius 3 is 2.78 bits per heavy atom. The van der Waals surface area contributed by atoms with Gasteiger partial charge in [0.05, 0.1) is 10.4 Å². The zero-order valence-corrected chi connectivity index (χ0v) is 13.6. The van der Waals surface area contributed by atoms with E-state index in [0.29, 0.717) is 22.6 Å². The normalized spacial score (nSPS) is 12.4. The van der Waals surface area contributed by atoms with Crippen LogP contribution < -0.4 is 0 Å². The summed E-state index contributed by atoms with van der Waals surface area (Å²) in [6.07, 6.45) is 2.50. The van der Waals surface area contributed by atoms with Gasteiger partial charge in [0.2, 0.25) is 0 Å². The summed E-state index contributed by atoms with van der Waals surface area (Å²) in [6.45, 7) is 0. The molecule has 0 saturated carbocycles. The highest BCUT2D eigenvalue weighted by Crippen LogP contribution is 2.40. The van der Waals surface area contributed by atoms with Gasteiger partial charge >= 0.3 is 0 Å². The predicted octanol–water partition coefficient (Wildman–Crippen LogP) is 4.61. The molecule has 0 fully saturated rings. The summed E-state index contributed by atoms with van der Waals surface area (Å²) in [5, 5.41) is 21.1. The zero-order chi connectivity index (χ0) is 15.6. The van der Waals surface area contributed by atoms with Gasteiger partial charge in [-0.1, -0.05) is 17.3 Å². The molecule has 4 aromatic rings. The van der Waals surface area contributed by atoms with Crippen molar-refractivity contribution in [3.8, 4) is 21.9 Å². The molecule has 0 amide bonds. The summed E-state index contributed by atoms with van der Waals surface area (Å²) in [7, 11) is 0. The molecule has 0 aliphatic rings. The van der Waals surface area contributed by atoms with Gasteiger partial charge in [0, 0.05) is 28.9 Å². The van der Waals surface area contributed by atoms with Gasteiger partial charge in [0.1, 0.15) is 11.8 Å². The second-order valence-corrected chi connectivity index (χ2v) is 6.68. The van der Waals surface area contributed by atoms with Gasteiger partial charge in [-0.05, 0) is 29.0 Å². The fraction of sp³-hybridized carbons (Fsp3) is 0.0588. The lowest BCUT2D eigenvalue weighted by molar-refractivity contribution is 0.220. The molecule has 0 saturated heterocycles. The zero-order valence-electron chi connectivity index (χ0n) is 11.9. The van der Waals surface area contributed by atoms with Gasteiger partial charge in [0.15, 0.2) is 5.76 Å². The van der Waals surface area contributed by atoms with Crippen LogP contribution >= 0.6 is 22.7 Å². The maximum atomic E-state index is 10.9. The summed E-state index contributed by atoms with van der Waals surface area (Å²) in [6, 6.07) is 9.54. The molecule has 4 nitrogen and oxygen atoms in total. The largest absolute Gasteiger partial charge is 0.383 e. The highest BCUT2D eigenvalue weighted by Gasteiger charge is 2.27. The van der Waals surface area contributed by atoms with E-state index in [1.807, 2.05) is 40.4 Å². The van der Waals surface area contributed by atoms with Crippen LogP contribution in [0.3, 0.4) is 0 Å². The number of pyridine rings is 1. The maximum absolute atomic E-state index is 10.9. The van der Waals surface area contributed by atoms with E-state index in [4.69, 9.17) is 4.52 Å². The number of aliphatic hydroxyl groups is 1. The Morgan fingerprint density at radius 1 is 1.13 bits per heavy atom. The van der Waals surface area contributed by atoms with E-state index in [2.05, 4.69) is 10.1 Å². The van der Waals surface area contributed by atoms with E-state index in [0.717, 1.165) is 10.4 Å². The molecule has 0 aromatic carbocycles. The second kappa shape index (κ2) is 6.08. The quantitative estimate of drug-likeness (QED) is 0.589. The van der Waals surface area contributed by atoms with Crippen LogP contribution in [-0.2, 0) is 0 Å². The molecule has 0 aliphatic heterocycles. The second-order valence-electron chi connectivity index (χ2n) is 4.95. The highest BCUT2D eigenvalue weighted by molar-refractivity contribution is 7.13. The van der Waals surface area contributed by atoms with E-state index in [-0.39, 0.29) is 0 Å². The molecule has 0 radical (unpaired) electrons. The number of rotatable bonds is 4. The average Bonchev–Trinajstić information content (AvgIpc) is 3.33. The number of nitrogens with zero attached hydrogens (tertiary/aromatic N) is 2. The molecule has 1 unspecified atom stereocenters. The van der Waals surface area contributed by atoms with E-state index in [1.54, 1.807) is 41.1 Å².